The lowest BCUT2D eigenvalue weighted by Gasteiger charge is -2.29. The monoisotopic (exact) mass is 415 g/mol. The summed E-state index contributed by atoms with van der Waals surface area (Å²) in [6, 6.07) is 22.4. The van der Waals surface area contributed by atoms with E-state index in [0.717, 1.165) is 22.3 Å². The van der Waals surface area contributed by atoms with Gasteiger partial charge in [-0.25, -0.2) is 0 Å². The molecule has 1 heterocycles. The zero-order valence-corrected chi connectivity index (χ0v) is 17.6. The number of rotatable bonds is 6. The maximum atomic E-state index is 13.6. The average Bonchev–Trinajstić information content (AvgIpc) is 2.77. The van der Waals surface area contributed by atoms with Crippen LogP contribution < -0.4 is 10.1 Å². The maximum Gasteiger partial charge on any atom is 0.308 e. The van der Waals surface area contributed by atoms with Crippen LogP contribution in [0.15, 0.2) is 72.8 Å². The fourth-order valence-corrected chi connectivity index (χ4v) is 3.88. The molecule has 31 heavy (non-hydrogen) atoms. The van der Waals surface area contributed by atoms with Crippen molar-refractivity contribution in [2.24, 2.45) is 0 Å². The third kappa shape index (κ3) is 4.45. The van der Waals surface area contributed by atoms with Crippen molar-refractivity contribution in [2.75, 3.05) is 6.61 Å². The van der Waals surface area contributed by atoms with Gasteiger partial charge in [0.15, 0.2) is 0 Å². The standard InChI is InChI=1S/C26H25NO4/c1-3-30-24(28)16-21(18-14-12-17(2)13-15-18)27-26(29)25-19-8-4-6-10-22(19)31-23-11-7-5-9-20(23)25/h4-15,21,25H,3,16H2,1-2H3,(H,27,29)/t21-/m1/s1. The normalized spacial score (nSPS) is 13.4. The molecule has 1 amide bonds. The summed E-state index contributed by atoms with van der Waals surface area (Å²) in [6.07, 6.45) is 0.0646. The van der Waals surface area contributed by atoms with Gasteiger partial charge >= 0.3 is 5.97 Å². The number of benzene rings is 3. The Morgan fingerprint density at radius 2 is 1.52 bits per heavy atom. The Bertz CT molecular complexity index is 1050. The van der Waals surface area contributed by atoms with Crippen LogP contribution in [0, 0.1) is 6.92 Å². The highest BCUT2D eigenvalue weighted by Gasteiger charge is 2.34. The minimum absolute atomic E-state index is 0.0646. The third-order valence-corrected chi connectivity index (χ3v) is 5.41. The number of hydrogen-bond donors (Lipinski definition) is 1. The molecule has 0 unspecified atom stereocenters. The van der Waals surface area contributed by atoms with Crippen molar-refractivity contribution in [3.63, 3.8) is 0 Å². The van der Waals surface area contributed by atoms with Gasteiger partial charge in [-0.3, -0.25) is 9.59 Å². The highest BCUT2D eigenvalue weighted by atomic mass is 16.5. The van der Waals surface area contributed by atoms with Gasteiger partial charge in [-0.1, -0.05) is 66.2 Å². The Morgan fingerprint density at radius 3 is 2.10 bits per heavy atom. The first-order valence-electron chi connectivity index (χ1n) is 10.4. The van der Waals surface area contributed by atoms with Crippen LogP contribution in [0.25, 0.3) is 0 Å². The molecule has 5 nitrogen and oxygen atoms in total. The highest BCUT2D eigenvalue weighted by molar-refractivity contribution is 5.90. The van der Waals surface area contributed by atoms with E-state index in [9.17, 15) is 9.59 Å². The molecule has 0 aromatic heterocycles. The lowest BCUT2D eigenvalue weighted by Crippen LogP contribution is -2.35. The minimum Gasteiger partial charge on any atom is -0.466 e. The molecule has 0 aliphatic carbocycles. The van der Waals surface area contributed by atoms with Crippen LogP contribution in [-0.2, 0) is 14.3 Å². The van der Waals surface area contributed by atoms with Crippen molar-refractivity contribution in [1.29, 1.82) is 0 Å². The molecule has 4 rings (SSSR count). The van der Waals surface area contributed by atoms with E-state index < -0.39 is 12.0 Å². The summed E-state index contributed by atoms with van der Waals surface area (Å²) >= 11 is 0. The van der Waals surface area contributed by atoms with Crippen molar-refractivity contribution in [1.82, 2.24) is 5.32 Å². The minimum atomic E-state index is -0.531. The van der Waals surface area contributed by atoms with Crippen molar-refractivity contribution in [2.45, 2.75) is 32.2 Å². The van der Waals surface area contributed by atoms with Crippen LogP contribution >= 0.6 is 0 Å². The molecule has 3 aromatic carbocycles. The fourth-order valence-electron chi connectivity index (χ4n) is 3.88. The Morgan fingerprint density at radius 1 is 0.935 bits per heavy atom. The molecule has 0 bridgehead atoms. The summed E-state index contributed by atoms with van der Waals surface area (Å²) in [4.78, 5) is 25.8. The van der Waals surface area contributed by atoms with E-state index in [1.807, 2.05) is 79.7 Å². The van der Waals surface area contributed by atoms with Gasteiger partial charge in [0.25, 0.3) is 0 Å². The first kappa shape index (κ1) is 20.7. The van der Waals surface area contributed by atoms with E-state index >= 15 is 0 Å². The second kappa shape index (κ2) is 9.04. The summed E-state index contributed by atoms with van der Waals surface area (Å²) in [6.45, 7) is 4.07. The van der Waals surface area contributed by atoms with E-state index in [4.69, 9.17) is 9.47 Å². The van der Waals surface area contributed by atoms with Crippen LogP contribution in [0.5, 0.6) is 11.5 Å². The molecule has 1 N–H and O–H groups in total. The van der Waals surface area contributed by atoms with Crippen molar-refractivity contribution < 1.29 is 19.1 Å². The molecule has 0 saturated heterocycles. The van der Waals surface area contributed by atoms with Crippen molar-refractivity contribution in [3.05, 3.63) is 95.1 Å². The van der Waals surface area contributed by atoms with Gasteiger partial charge in [0.1, 0.15) is 11.5 Å². The van der Waals surface area contributed by atoms with Crippen LogP contribution in [0.1, 0.15) is 47.6 Å². The van der Waals surface area contributed by atoms with Crippen LogP contribution in [0.3, 0.4) is 0 Å². The molecular weight excluding hydrogens is 390 g/mol. The summed E-state index contributed by atoms with van der Waals surface area (Å²) in [5, 5.41) is 3.10. The maximum absolute atomic E-state index is 13.6. The second-order valence-corrected chi connectivity index (χ2v) is 7.59. The second-order valence-electron chi connectivity index (χ2n) is 7.59. The van der Waals surface area contributed by atoms with E-state index in [0.29, 0.717) is 18.1 Å². The Balaban J connectivity index is 1.67. The number of amides is 1. The number of aryl methyl sites for hydroxylation is 1. The molecule has 0 radical (unpaired) electrons. The number of carbonyl (C=O) groups is 2. The smallest absolute Gasteiger partial charge is 0.308 e. The fraction of sp³-hybridized carbons (Fsp3) is 0.231. The lowest BCUT2D eigenvalue weighted by atomic mass is 9.86. The zero-order chi connectivity index (χ0) is 21.8. The van der Waals surface area contributed by atoms with Gasteiger partial charge < -0.3 is 14.8 Å². The molecule has 1 aliphatic rings. The zero-order valence-electron chi connectivity index (χ0n) is 17.6. The average molecular weight is 415 g/mol. The van der Waals surface area contributed by atoms with Crippen molar-refractivity contribution in [3.8, 4) is 11.5 Å². The predicted octanol–water partition coefficient (Wildman–Crippen LogP) is 5.04. The summed E-state index contributed by atoms with van der Waals surface area (Å²) in [7, 11) is 0. The van der Waals surface area contributed by atoms with Crippen LogP contribution in [-0.4, -0.2) is 18.5 Å². The third-order valence-electron chi connectivity index (χ3n) is 5.41. The predicted molar refractivity (Wildman–Crippen MR) is 118 cm³/mol. The van der Waals surface area contributed by atoms with Crippen LogP contribution in [0.4, 0.5) is 0 Å². The number of hydrogen-bond acceptors (Lipinski definition) is 4. The van der Waals surface area contributed by atoms with Gasteiger partial charge in [0.2, 0.25) is 5.91 Å². The first-order valence-corrected chi connectivity index (χ1v) is 10.4. The summed E-state index contributed by atoms with van der Waals surface area (Å²) in [5.74, 6) is 0.271. The number of fused-ring (bicyclic) bond motifs is 2. The number of ether oxygens (including phenoxy) is 2. The molecule has 0 fully saturated rings. The van der Waals surface area contributed by atoms with E-state index in [1.54, 1.807) is 6.92 Å². The topological polar surface area (TPSA) is 64.6 Å². The molecular formula is C26H25NO4. The first-order chi connectivity index (χ1) is 15.1. The summed E-state index contributed by atoms with van der Waals surface area (Å²) < 4.78 is 11.1. The van der Waals surface area contributed by atoms with Gasteiger partial charge in [-0.15, -0.1) is 0 Å². The molecule has 158 valence electrons. The van der Waals surface area contributed by atoms with Crippen molar-refractivity contribution >= 4 is 11.9 Å². The van der Waals surface area contributed by atoms with Gasteiger partial charge in [-0.2, -0.15) is 0 Å². The molecule has 1 aliphatic heterocycles. The van der Waals surface area contributed by atoms with E-state index in [1.165, 1.54) is 0 Å². The van der Waals surface area contributed by atoms with Gasteiger partial charge in [0.05, 0.1) is 25.0 Å². The highest BCUT2D eigenvalue weighted by Crippen LogP contribution is 2.44. The van der Waals surface area contributed by atoms with E-state index in [-0.39, 0.29) is 18.3 Å². The van der Waals surface area contributed by atoms with E-state index in [2.05, 4.69) is 5.32 Å². The SMILES string of the molecule is CCOC(=O)C[C@@H](NC(=O)C1c2ccccc2Oc2ccccc21)c1ccc(C)cc1. The number of nitrogens with one attached hydrogen (secondary N) is 1. The van der Waals surface area contributed by atoms with Crippen LogP contribution in [0.2, 0.25) is 0 Å². The summed E-state index contributed by atoms with van der Waals surface area (Å²) in [5.41, 5.74) is 3.58. The number of esters is 1. The molecule has 0 saturated carbocycles. The Kier molecular flexibility index (Phi) is 6.03. The Hall–Kier alpha value is -3.60. The van der Waals surface area contributed by atoms with Gasteiger partial charge in [0, 0.05) is 11.1 Å². The molecule has 5 heteroatoms. The molecule has 0 spiro atoms. The molecule has 3 aromatic rings. The largest absolute Gasteiger partial charge is 0.466 e. The van der Waals surface area contributed by atoms with Gasteiger partial charge in [-0.05, 0) is 31.5 Å². The number of para-hydroxylation sites is 2. The quantitative estimate of drug-likeness (QED) is 0.573. The number of carbonyl (C=O) groups excluding carboxylic acids is 2. The molecule has 1 atom stereocenters. The lowest BCUT2D eigenvalue weighted by molar-refractivity contribution is -0.143. The Labute approximate surface area is 182 Å².